The van der Waals surface area contributed by atoms with E-state index in [9.17, 15) is 14.4 Å². The molecule has 0 saturated carbocycles. The summed E-state index contributed by atoms with van der Waals surface area (Å²) in [5, 5.41) is 12.0. The Hall–Kier alpha value is -2.64. The van der Waals surface area contributed by atoms with Gasteiger partial charge < -0.3 is 15.2 Å². The molecule has 164 valence electrons. The van der Waals surface area contributed by atoms with Crippen molar-refractivity contribution in [3.05, 3.63) is 58.7 Å². The highest BCUT2D eigenvalue weighted by Crippen LogP contribution is 2.36. The molecule has 2 aromatic carbocycles. The number of hydrogen-bond donors (Lipinski definition) is 2. The number of benzene rings is 2. The van der Waals surface area contributed by atoms with Gasteiger partial charge in [0.05, 0.1) is 13.5 Å². The van der Waals surface area contributed by atoms with Crippen LogP contribution in [-0.2, 0) is 10.5 Å². The lowest BCUT2D eigenvalue weighted by Gasteiger charge is -2.08. The smallest absolute Gasteiger partial charge is 0.303 e. The summed E-state index contributed by atoms with van der Waals surface area (Å²) in [6.07, 6.45) is 3.96. The number of nitrogens with one attached hydrogen (secondary N) is 1. The quantitative estimate of drug-likeness (QED) is 0.667. The van der Waals surface area contributed by atoms with Gasteiger partial charge in [-0.15, -0.1) is 11.8 Å². The number of carboxylic acid groups (broad SMARTS) is 1. The summed E-state index contributed by atoms with van der Waals surface area (Å²) in [6.45, 7) is 2.50. The minimum atomic E-state index is -1.00. The molecule has 2 aliphatic rings. The van der Waals surface area contributed by atoms with Crippen molar-refractivity contribution in [2.24, 2.45) is 0 Å². The Morgan fingerprint density at radius 2 is 1.77 bits per heavy atom. The molecule has 1 saturated heterocycles. The number of thioether (sulfide) groups is 1. The van der Waals surface area contributed by atoms with E-state index in [0.29, 0.717) is 28.2 Å². The standard InChI is InChI=1S/C19H16O5S.C5H11N/c1-24-13-3-5-14-12(8-13)10-25-17-9-11(2-4-15(17)19(14)23)16(20)6-7-18(21)22;1-2-4-6-5-3-1/h2-5,8-9H,6-7,10H2,1H3,(H,21,22);6H,1-5H2. The van der Waals surface area contributed by atoms with E-state index in [0.717, 1.165) is 10.5 Å². The number of aliphatic carboxylic acids is 1. The number of ketones is 2. The third-order valence-corrected chi connectivity index (χ3v) is 6.37. The maximum absolute atomic E-state index is 12.8. The summed E-state index contributed by atoms with van der Waals surface area (Å²) in [6, 6.07) is 10.3. The fourth-order valence-electron chi connectivity index (χ4n) is 3.51. The van der Waals surface area contributed by atoms with Gasteiger partial charge in [0.2, 0.25) is 0 Å². The van der Waals surface area contributed by atoms with Crippen molar-refractivity contribution >= 4 is 29.3 Å². The summed E-state index contributed by atoms with van der Waals surface area (Å²) >= 11 is 1.49. The molecule has 0 amide bonds. The molecule has 0 aromatic heterocycles. The molecule has 0 spiro atoms. The number of carbonyl (C=O) groups excluding carboxylic acids is 2. The predicted molar refractivity (Wildman–Crippen MR) is 120 cm³/mol. The van der Waals surface area contributed by atoms with E-state index in [-0.39, 0.29) is 24.4 Å². The number of methoxy groups -OCH3 is 1. The van der Waals surface area contributed by atoms with Gasteiger partial charge in [-0.25, -0.2) is 0 Å². The molecule has 2 aliphatic heterocycles. The fraction of sp³-hybridized carbons (Fsp3) is 0.375. The molecule has 7 heteroatoms. The average Bonchev–Trinajstić information content (AvgIpc) is 2.95. The van der Waals surface area contributed by atoms with Crippen LogP contribution in [0.5, 0.6) is 5.75 Å². The fourth-order valence-corrected chi connectivity index (χ4v) is 4.58. The molecular weight excluding hydrogens is 414 g/mol. The Labute approximate surface area is 186 Å². The van der Waals surface area contributed by atoms with Crippen LogP contribution in [0.1, 0.15) is 63.9 Å². The van der Waals surface area contributed by atoms with Crippen molar-refractivity contribution in [3.8, 4) is 5.75 Å². The average molecular weight is 442 g/mol. The number of carbonyl (C=O) groups is 3. The molecule has 2 N–H and O–H groups in total. The first-order chi connectivity index (χ1) is 15.0. The Morgan fingerprint density at radius 3 is 2.39 bits per heavy atom. The lowest BCUT2D eigenvalue weighted by molar-refractivity contribution is -0.136. The second kappa shape index (κ2) is 11.1. The first kappa shape index (κ1) is 23.0. The zero-order valence-corrected chi connectivity index (χ0v) is 18.4. The minimum absolute atomic E-state index is 0.0514. The molecule has 0 aliphatic carbocycles. The van der Waals surface area contributed by atoms with E-state index < -0.39 is 5.97 Å². The zero-order valence-electron chi connectivity index (χ0n) is 17.6. The van der Waals surface area contributed by atoms with Gasteiger partial charge in [-0.05, 0) is 61.8 Å². The van der Waals surface area contributed by atoms with E-state index in [1.165, 1.54) is 44.1 Å². The van der Waals surface area contributed by atoms with E-state index in [1.54, 1.807) is 37.4 Å². The van der Waals surface area contributed by atoms with Crippen LogP contribution in [0.4, 0.5) is 0 Å². The zero-order chi connectivity index (χ0) is 22.2. The SMILES string of the molecule is C1CCNCC1.COc1ccc2c(c1)CSc1cc(C(=O)CCC(=O)O)ccc1C2=O. The molecule has 31 heavy (non-hydrogen) atoms. The van der Waals surface area contributed by atoms with Gasteiger partial charge in [0.25, 0.3) is 0 Å². The highest BCUT2D eigenvalue weighted by Gasteiger charge is 2.23. The van der Waals surface area contributed by atoms with Crippen molar-refractivity contribution in [3.63, 3.8) is 0 Å². The Morgan fingerprint density at radius 1 is 1.03 bits per heavy atom. The first-order valence-electron chi connectivity index (χ1n) is 10.4. The maximum Gasteiger partial charge on any atom is 0.303 e. The third kappa shape index (κ3) is 6.18. The van der Waals surface area contributed by atoms with Gasteiger partial charge in [-0.2, -0.15) is 0 Å². The van der Waals surface area contributed by atoms with Gasteiger partial charge in [0.15, 0.2) is 11.6 Å². The Balaban J connectivity index is 0.000000391. The lowest BCUT2D eigenvalue weighted by atomic mass is 9.97. The maximum atomic E-state index is 12.8. The molecule has 0 unspecified atom stereocenters. The predicted octanol–water partition coefficient (Wildman–Crippen LogP) is 4.34. The van der Waals surface area contributed by atoms with Crippen molar-refractivity contribution in [1.29, 1.82) is 0 Å². The van der Waals surface area contributed by atoms with Gasteiger partial charge >= 0.3 is 5.97 Å². The van der Waals surface area contributed by atoms with E-state index >= 15 is 0 Å². The van der Waals surface area contributed by atoms with E-state index in [2.05, 4.69) is 5.32 Å². The normalized spacial score (nSPS) is 14.9. The monoisotopic (exact) mass is 441 g/mol. The number of carboxylic acids is 1. The summed E-state index contributed by atoms with van der Waals surface area (Å²) < 4.78 is 5.22. The van der Waals surface area contributed by atoms with E-state index in [1.807, 2.05) is 6.07 Å². The number of fused-ring (bicyclic) bond motifs is 2. The minimum Gasteiger partial charge on any atom is -0.497 e. The van der Waals surface area contributed by atoms with Crippen LogP contribution in [-0.4, -0.2) is 42.8 Å². The molecule has 0 bridgehead atoms. The molecule has 0 atom stereocenters. The summed E-state index contributed by atoms with van der Waals surface area (Å²) in [4.78, 5) is 36.3. The molecule has 4 rings (SSSR count). The van der Waals surface area contributed by atoms with Gasteiger partial charge in [0, 0.05) is 33.8 Å². The molecule has 2 heterocycles. The van der Waals surface area contributed by atoms with Gasteiger partial charge in [0.1, 0.15) is 5.75 Å². The molecular formula is C24H27NO5S. The second-order valence-electron chi connectivity index (χ2n) is 7.48. The van der Waals surface area contributed by atoms with Crippen molar-refractivity contribution in [1.82, 2.24) is 5.32 Å². The second-order valence-corrected chi connectivity index (χ2v) is 8.50. The third-order valence-electron chi connectivity index (χ3n) is 5.26. The lowest BCUT2D eigenvalue weighted by Crippen LogP contribution is -2.21. The molecule has 1 fully saturated rings. The van der Waals surface area contributed by atoms with Crippen LogP contribution in [0.2, 0.25) is 0 Å². The van der Waals surface area contributed by atoms with Gasteiger partial charge in [-0.3, -0.25) is 14.4 Å². The number of hydrogen-bond acceptors (Lipinski definition) is 6. The van der Waals surface area contributed by atoms with Crippen LogP contribution in [0.25, 0.3) is 0 Å². The number of piperidine rings is 1. The van der Waals surface area contributed by atoms with Gasteiger partial charge in [-0.1, -0.05) is 12.5 Å². The van der Waals surface area contributed by atoms with Crippen LogP contribution in [0, 0.1) is 0 Å². The van der Waals surface area contributed by atoms with E-state index in [4.69, 9.17) is 9.84 Å². The van der Waals surface area contributed by atoms with Crippen LogP contribution in [0.3, 0.4) is 0 Å². The summed E-state index contributed by atoms with van der Waals surface area (Å²) in [7, 11) is 1.58. The topological polar surface area (TPSA) is 92.7 Å². The van der Waals surface area contributed by atoms with Crippen molar-refractivity contribution < 1.29 is 24.2 Å². The molecule has 0 radical (unpaired) electrons. The first-order valence-corrected chi connectivity index (χ1v) is 11.4. The number of ether oxygens (including phenoxy) is 1. The Bertz CT molecular complexity index is 957. The highest BCUT2D eigenvalue weighted by atomic mass is 32.2. The van der Waals surface area contributed by atoms with Crippen molar-refractivity contribution in [2.45, 2.75) is 42.8 Å². The van der Waals surface area contributed by atoms with Crippen LogP contribution < -0.4 is 10.1 Å². The summed E-state index contributed by atoms with van der Waals surface area (Å²) in [5.74, 6) is -0.0264. The molecule has 2 aromatic rings. The van der Waals surface area contributed by atoms with Crippen LogP contribution in [0.15, 0.2) is 41.3 Å². The molecule has 6 nitrogen and oxygen atoms in total. The van der Waals surface area contributed by atoms with Crippen molar-refractivity contribution in [2.75, 3.05) is 20.2 Å². The number of rotatable bonds is 5. The Kier molecular flexibility index (Phi) is 8.26. The number of Topliss-reactive ketones (excluding diaryl/α,β-unsaturated/α-hetero) is 1. The largest absolute Gasteiger partial charge is 0.497 e. The highest BCUT2D eigenvalue weighted by molar-refractivity contribution is 7.98. The summed E-state index contributed by atoms with van der Waals surface area (Å²) in [5.41, 5.74) is 2.52. The van der Waals surface area contributed by atoms with Crippen LogP contribution >= 0.6 is 11.8 Å².